The molecule has 2 saturated heterocycles. The summed E-state index contributed by atoms with van der Waals surface area (Å²) in [6, 6.07) is -2.14. The van der Waals surface area contributed by atoms with Gasteiger partial charge in [-0.2, -0.15) is 0 Å². The molecule has 27 heavy (non-hydrogen) atoms. The van der Waals surface area contributed by atoms with E-state index < -0.39 is 80.4 Å². The Hall–Kier alpha value is -0.970. The molecule has 0 radical (unpaired) electrons. The van der Waals surface area contributed by atoms with Crippen LogP contribution in [0.3, 0.4) is 0 Å². The van der Waals surface area contributed by atoms with Crippen molar-refractivity contribution in [2.45, 2.75) is 68.2 Å². The van der Waals surface area contributed by atoms with E-state index in [0.29, 0.717) is 0 Å². The molecule has 2 rings (SSSR count). The van der Waals surface area contributed by atoms with Gasteiger partial charge in [0.15, 0.2) is 12.6 Å². The Balaban J connectivity index is 0.000000277. The Labute approximate surface area is 154 Å². The predicted molar refractivity (Wildman–Crippen MR) is 85.5 cm³/mol. The van der Waals surface area contributed by atoms with Gasteiger partial charge in [0, 0.05) is 6.92 Å². The summed E-state index contributed by atoms with van der Waals surface area (Å²) in [5.74, 6) is -0.462. The molecule has 160 valence electrons. The molecule has 0 bridgehead atoms. The summed E-state index contributed by atoms with van der Waals surface area (Å²) in [6.45, 7) is 0.216. The smallest absolute Gasteiger partial charge is 0.217 e. The van der Waals surface area contributed by atoms with Crippen LogP contribution in [-0.4, -0.2) is 121 Å². The van der Waals surface area contributed by atoms with Gasteiger partial charge in [0.05, 0.1) is 19.3 Å². The van der Waals surface area contributed by atoms with E-state index in [2.05, 4.69) is 5.32 Å². The number of aliphatic hydroxyl groups excluding tert-OH is 8. The summed E-state index contributed by atoms with van der Waals surface area (Å²) < 4.78 is 9.51. The van der Waals surface area contributed by atoms with Gasteiger partial charge in [0.25, 0.3) is 0 Å². The van der Waals surface area contributed by atoms with Crippen molar-refractivity contribution in [3.63, 3.8) is 0 Å². The van der Waals surface area contributed by atoms with Crippen LogP contribution in [-0.2, 0) is 14.3 Å². The highest BCUT2D eigenvalue weighted by Crippen LogP contribution is 2.19. The molecular weight excluding hydrogens is 372 g/mol. The molecule has 2 aliphatic rings. The lowest BCUT2D eigenvalue weighted by molar-refractivity contribution is -0.253. The van der Waals surface area contributed by atoms with Gasteiger partial charge in [-0.1, -0.05) is 0 Å². The highest BCUT2D eigenvalue weighted by atomic mass is 16.6. The van der Waals surface area contributed by atoms with Gasteiger partial charge in [-0.15, -0.1) is 0 Å². The molecule has 0 aliphatic carbocycles. The van der Waals surface area contributed by atoms with E-state index in [9.17, 15) is 30.3 Å². The molecule has 2 unspecified atom stereocenters. The first-order valence-corrected chi connectivity index (χ1v) is 8.18. The van der Waals surface area contributed by atoms with Crippen molar-refractivity contribution in [2.75, 3.05) is 13.2 Å². The van der Waals surface area contributed by atoms with Crippen LogP contribution in [0.5, 0.6) is 0 Å². The lowest BCUT2D eigenvalue weighted by atomic mass is 9.97. The van der Waals surface area contributed by atoms with Crippen molar-refractivity contribution in [1.82, 2.24) is 5.32 Å². The number of nitrogens with two attached hydrogens (primary N) is 1. The molecule has 11 N–H and O–H groups in total. The van der Waals surface area contributed by atoms with E-state index >= 15 is 0 Å². The molecule has 0 spiro atoms. The average molecular weight is 400 g/mol. The van der Waals surface area contributed by atoms with Gasteiger partial charge in [-0.05, 0) is 0 Å². The third-order valence-corrected chi connectivity index (χ3v) is 4.22. The quantitative estimate of drug-likeness (QED) is 0.213. The van der Waals surface area contributed by atoms with Crippen molar-refractivity contribution < 1.29 is 55.1 Å². The Kier molecular flexibility index (Phi) is 9.40. The molecule has 0 aromatic rings. The second kappa shape index (κ2) is 10.5. The van der Waals surface area contributed by atoms with Crippen LogP contribution in [0.25, 0.3) is 0 Å². The summed E-state index contributed by atoms with van der Waals surface area (Å²) in [6.07, 6.45) is -10.1. The second-order valence-electron chi connectivity index (χ2n) is 6.26. The summed E-state index contributed by atoms with van der Waals surface area (Å²) in [7, 11) is 0. The molecule has 10 atom stereocenters. The Morgan fingerprint density at radius 3 is 1.74 bits per heavy atom. The zero-order valence-electron chi connectivity index (χ0n) is 14.6. The summed E-state index contributed by atoms with van der Waals surface area (Å²) >= 11 is 0. The number of carbonyl (C=O) groups excluding carboxylic acids is 1. The fourth-order valence-corrected chi connectivity index (χ4v) is 2.61. The maximum absolute atomic E-state index is 10.7. The minimum atomic E-state index is -1.45. The van der Waals surface area contributed by atoms with Gasteiger partial charge in [-0.3, -0.25) is 4.79 Å². The van der Waals surface area contributed by atoms with Crippen molar-refractivity contribution in [3.8, 4) is 0 Å². The molecule has 0 saturated carbocycles. The Morgan fingerprint density at radius 1 is 0.852 bits per heavy atom. The first-order valence-electron chi connectivity index (χ1n) is 8.18. The molecule has 2 fully saturated rings. The van der Waals surface area contributed by atoms with Crippen LogP contribution >= 0.6 is 0 Å². The van der Waals surface area contributed by atoms with E-state index in [1.54, 1.807) is 0 Å². The zero-order chi connectivity index (χ0) is 20.9. The number of rotatable bonds is 3. The van der Waals surface area contributed by atoms with Gasteiger partial charge in [0.1, 0.15) is 42.7 Å². The van der Waals surface area contributed by atoms with Crippen LogP contribution < -0.4 is 11.1 Å². The van der Waals surface area contributed by atoms with Gasteiger partial charge < -0.3 is 61.4 Å². The monoisotopic (exact) mass is 400 g/mol. The molecule has 13 nitrogen and oxygen atoms in total. The standard InChI is InChI=1S/C8H15NO6.C6H13NO5/c1-3(11)9-5-7(13)6(12)4(2-10)15-8(5)14;7-3-5(10)4(9)2(1-8)12-6(3)11/h4-8,10,12-14H,2H2,1H3,(H,9,11);2-6,8-11H,1,7H2/t4-,5-,6+,7-,8?;2-,3-,4+,5-,6?/m11/s1. The third kappa shape index (κ3) is 6.00. The fraction of sp³-hybridized carbons (Fsp3) is 0.929. The highest BCUT2D eigenvalue weighted by molar-refractivity contribution is 5.73. The predicted octanol–water partition coefficient (Wildman–Crippen LogP) is -6.33. The van der Waals surface area contributed by atoms with Crippen LogP contribution in [0.4, 0.5) is 0 Å². The number of hydrogen-bond donors (Lipinski definition) is 10. The second-order valence-corrected chi connectivity index (χ2v) is 6.26. The van der Waals surface area contributed by atoms with E-state index in [-0.39, 0.29) is 0 Å². The molecule has 2 aliphatic heterocycles. The number of amides is 1. The summed E-state index contributed by atoms with van der Waals surface area (Å²) in [5.41, 5.74) is 5.26. The van der Waals surface area contributed by atoms with Crippen LogP contribution in [0.1, 0.15) is 6.92 Å². The maximum Gasteiger partial charge on any atom is 0.217 e. The van der Waals surface area contributed by atoms with Crippen molar-refractivity contribution >= 4 is 5.91 Å². The van der Waals surface area contributed by atoms with E-state index in [1.165, 1.54) is 6.92 Å². The molecule has 13 heteroatoms. The normalized spacial score (nSPS) is 44.8. The number of aliphatic hydroxyl groups is 8. The van der Waals surface area contributed by atoms with Gasteiger partial charge in [-0.25, -0.2) is 0 Å². The van der Waals surface area contributed by atoms with Crippen LogP contribution in [0, 0.1) is 0 Å². The summed E-state index contributed by atoms with van der Waals surface area (Å²) in [4.78, 5) is 10.7. The van der Waals surface area contributed by atoms with Crippen molar-refractivity contribution in [2.24, 2.45) is 5.73 Å². The van der Waals surface area contributed by atoms with Crippen molar-refractivity contribution in [3.05, 3.63) is 0 Å². The molecule has 2 heterocycles. The topological polar surface area (TPSA) is 235 Å². The van der Waals surface area contributed by atoms with Crippen molar-refractivity contribution in [1.29, 1.82) is 0 Å². The maximum atomic E-state index is 10.7. The highest BCUT2D eigenvalue weighted by Gasteiger charge is 2.44. The van der Waals surface area contributed by atoms with Gasteiger partial charge >= 0.3 is 0 Å². The number of hydrogen-bond acceptors (Lipinski definition) is 12. The lowest BCUT2D eigenvalue weighted by Crippen LogP contribution is -2.63. The molecule has 0 aromatic heterocycles. The summed E-state index contributed by atoms with van der Waals surface area (Å²) in [5, 5.41) is 75.5. The Morgan fingerprint density at radius 2 is 1.30 bits per heavy atom. The minimum absolute atomic E-state index is 0.462. The number of ether oxygens (including phenoxy) is 2. The average Bonchev–Trinajstić information content (AvgIpc) is 2.63. The Bertz CT molecular complexity index is 466. The molecule has 1 amide bonds. The van der Waals surface area contributed by atoms with Crippen LogP contribution in [0.2, 0.25) is 0 Å². The third-order valence-electron chi connectivity index (χ3n) is 4.22. The van der Waals surface area contributed by atoms with E-state index in [4.69, 9.17) is 30.5 Å². The first kappa shape index (κ1) is 24.1. The first-order chi connectivity index (χ1) is 12.5. The number of carbonyl (C=O) groups is 1. The molecular formula is C14H28N2O11. The number of nitrogens with one attached hydrogen (secondary N) is 1. The fourth-order valence-electron chi connectivity index (χ4n) is 2.61. The SMILES string of the molecule is CC(=O)N[C@H]1C(O)O[C@H](CO)[C@H](O)[C@@H]1O.N[C@H]1C(O)O[C@H](CO)[C@H](O)[C@@H]1O. The zero-order valence-corrected chi connectivity index (χ0v) is 14.6. The van der Waals surface area contributed by atoms with E-state index in [1.807, 2.05) is 0 Å². The van der Waals surface area contributed by atoms with E-state index in [0.717, 1.165) is 0 Å². The largest absolute Gasteiger partial charge is 0.394 e. The molecule has 0 aromatic carbocycles. The van der Waals surface area contributed by atoms with Crippen LogP contribution in [0.15, 0.2) is 0 Å². The minimum Gasteiger partial charge on any atom is -0.394 e. The van der Waals surface area contributed by atoms with Gasteiger partial charge in [0.2, 0.25) is 5.91 Å². The lowest BCUT2D eigenvalue weighted by Gasteiger charge is -2.40.